The van der Waals surface area contributed by atoms with Gasteiger partial charge in [0.15, 0.2) is 0 Å². The van der Waals surface area contributed by atoms with Gasteiger partial charge in [-0.1, -0.05) is 12.1 Å². The van der Waals surface area contributed by atoms with Gasteiger partial charge in [0.05, 0.1) is 61.8 Å². The van der Waals surface area contributed by atoms with Crippen LogP contribution < -0.4 is 37.9 Å². The van der Waals surface area contributed by atoms with E-state index in [0.717, 1.165) is 0 Å². The summed E-state index contributed by atoms with van der Waals surface area (Å²) in [5.74, 6) is -0.249. The molecule has 0 saturated carbocycles. The molecule has 12 heteroatoms. The van der Waals surface area contributed by atoms with Gasteiger partial charge in [-0.2, -0.15) is 0 Å². The first-order chi connectivity index (χ1) is 27.2. The number of esters is 4. The lowest BCUT2D eigenvalue weighted by molar-refractivity contribution is 0.0718. The molecule has 0 bridgehead atoms. The van der Waals surface area contributed by atoms with Crippen LogP contribution >= 0.6 is 0 Å². The summed E-state index contributed by atoms with van der Waals surface area (Å²) in [5.41, 5.74) is 1.51. The zero-order valence-corrected chi connectivity index (χ0v) is 30.6. The van der Waals surface area contributed by atoms with Gasteiger partial charge in [0, 0.05) is 0 Å². The third-order valence-electron chi connectivity index (χ3n) is 8.32. The van der Waals surface area contributed by atoms with E-state index in [1.807, 2.05) is 0 Å². The number of rotatable bonds is 13. The minimum Gasteiger partial charge on any atom is -0.497 e. The maximum atomic E-state index is 13.5. The molecule has 0 radical (unpaired) electrons. The molecule has 0 aliphatic heterocycles. The van der Waals surface area contributed by atoms with Crippen molar-refractivity contribution in [2.75, 3.05) is 28.4 Å². The SMILES string of the molecule is COc1ccc(C(=O)Oc2ccc(C(=O)Oc3cccc(OC)c3-c3c(OC)cccc3OC(=O)c3ccc(OC(=O)c4ccc(OC)cc4)cc3)cc2)cc1. The first kappa shape index (κ1) is 38.1. The van der Waals surface area contributed by atoms with Crippen molar-refractivity contribution in [1.29, 1.82) is 0 Å². The monoisotopic (exact) mass is 754 g/mol. The standard InChI is InChI=1S/C44H34O12/c1-49-31-19-11-27(12-20-31)41(45)53-33-23-15-29(16-24-33)43(47)55-37-9-5-7-35(51-3)39(37)40-36(52-4)8-6-10-38(40)56-44(48)30-17-25-34(26-18-30)54-42(46)28-13-21-32(50-2)22-14-28/h5-26H,1-4H3. The highest BCUT2D eigenvalue weighted by Gasteiger charge is 2.25. The smallest absolute Gasteiger partial charge is 0.343 e. The number of carbonyl (C=O) groups excluding carboxylic acids is 4. The molecule has 0 N–H and O–H groups in total. The third-order valence-corrected chi connectivity index (χ3v) is 8.32. The van der Waals surface area contributed by atoms with E-state index in [4.69, 9.17) is 37.9 Å². The van der Waals surface area contributed by atoms with Crippen molar-refractivity contribution >= 4 is 23.9 Å². The molecular weight excluding hydrogens is 720 g/mol. The molecule has 0 spiro atoms. The Kier molecular flexibility index (Phi) is 11.9. The van der Waals surface area contributed by atoms with Crippen LogP contribution in [0.3, 0.4) is 0 Å². The van der Waals surface area contributed by atoms with Gasteiger partial charge in [0.2, 0.25) is 0 Å². The molecule has 6 aromatic rings. The fourth-order valence-corrected chi connectivity index (χ4v) is 5.45. The average molecular weight is 755 g/mol. The highest BCUT2D eigenvalue weighted by molar-refractivity contribution is 5.97. The maximum Gasteiger partial charge on any atom is 0.343 e. The summed E-state index contributed by atoms with van der Waals surface area (Å²) in [6.45, 7) is 0. The molecular formula is C44H34O12. The molecule has 0 heterocycles. The first-order valence-electron chi connectivity index (χ1n) is 16.9. The van der Waals surface area contributed by atoms with Crippen LogP contribution in [0.25, 0.3) is 11.1 Å². The lowest BCUT2D eigenvalue weighted by Crippen LogP contribution is -2.12. The summed E-state index contributed by atoms with van der Waals surface area (Å²) < 4.78 is 44.3. The van der Waals surface area contributed by atoms with Crippen LogP contribution in [0.5, 0.6) is 46.0 Å². The van der Waals surface area contributed by atoms with Gasteiger partial charge in [-0.25, -0.2) is 19.2 Å². The molecule has 12 nitrogen and oxygen atoms in total. The summed E-state index contributed by atoms with van der Waals surface area (Å²) in [6.07, 6.45) is 0. The lowest BCUT2D eigenvalue weighted by atomic mass is 10.0. The molecule has 0 saturated heterocycles. The lowest BCUT2D eigenvalue weighted by Gasteiger charge is -2.19. The molecule has 0 unspecified atom stereocenters. The number of ether oxygens (including phenoxy) is 8. The molecule has 6 rings (SSSR count). The van der Waals surface area contributed by atoms with E-state index in [-0.39, 0.29) is 45.3 Å². The Morgan fingerprint density at radius 2 is 0.571 bits per heavy atom. The van der Waals surface area contributed by atoms with Crippen molar-refractivity contribution in [3.05, 3.63) is 156 Å². The van der Waals surface area contributed by atoms with Gasteiger partial charge < -0.3 is 37.9 Å². The number of carbonyl (C=O) groups is 4. The molecule has 0 aliphatic rings. The zero-order valence-electron chi connectivity index (χ0n) is 30.6. The summed E-state index contributed by atoms with van der Waals surface area (Å²) in [5, 5.41) is 0. The van der Waals surface area contributed by atoms with E-state index in [1.165, 1.54) is 77.0 Å². The van der Waals surface area contributed by atoms with Gasteiger partial charge in [-0.3, -0.25) is 0 Å². The Balaban J connectivity index is 1.20. The summed E-state index contributed by atoms with van der Waals surface area (Å²) in [4.78, 5) is 52.2. The molecule has 0 amide bonds. The molecule has 0 aliphatic carbocycles. The number of benzene rings is 6. The van der Waals surface area contributed by atoms with Gasteiger partial charge in [0.1, 0.15) is 46.0 Å². The Bertz CT molecular complexity index is 2180. The van der Waals surface area contributed by atoms with E-state index in [0.29, 0.717) is 34.1 Å². The maximum absolute atomic E-state index is 13.5. The topological polar surface area (TPSA) is 142 Å². The van der Waals surface area contributed by atoms with Gasteiger partial charge in [-0.05, 0) is 121 Å². The fraction of sp³-hybridized carbons (Fsp3) is 0.0909. The van der Waals surface area contributed by atoms with Crippen LogP contribution in [0.1, 0.15) is 41.4 Å². The average Bonchev–Trinajstić information content (AvgIpc) is 3.24. The van der Waals surface area contributed by atoms with E-state index < -0.39 is 23.9 Å². The zero-order chi connectivity index (χ0) is 39.6. The largest absolute Gasteiger partial charge is 0.497 e. The predicted octanol–water partition coefficient (Wildman–Crippen LogP) is 8.26. The first-order valence-corrected chi connectivity index (χ1v) is 16.9. The summed E-state index contributed by atoms with van der Waals surface area (Å²) in [6, 6.07) is 34.3. The number of hydrogen-bond donors (Lipinski definition) is 0. The molecule has 0 fully saturated rings. The quantitative estimate of drug-likeness (QED) is 0.0828. The van der Waals surface area contributed by atoms with Crippen molar-refractivity contribution in [2.24, 2.45) is 0 Å². The van der Waals surface area contributed by atoms with E-state index in [9.17, 15) is 19.2 Å². The fourth-order valence-electron chi connectivity index (χ4n) is 5.45. The molecule has 282 valence electrons. The summed E-state index contributed by atoms with van der Waals surface area (Å²) in [7, 11) is 5.94. The third kappa shape index (κ3) is 8.77. The minimum absolute atomic E-state index is 0.0780. The Hall–Kier alpha value is -7.60. The highest BCUT2D eigenvalue weighted by atomic mass is 16.6. The van der Waals surface area contributed by atoms with Gasteiger partial charge in [0.25, 0.3) is 0 Å². The molecule has 0 aromatic heterocycles. The van der Waals surface area contributed by atoms with E-state index >= 15 is 0 Å². The second-order valence-corrected chi connectivity index (χ2v) is 11.7. The molecule has 6 aromatic carbocycles. The predicted molar refractivity (Wildman–Crippen MR) is 204 cm³/mol. The Labute approximate surface area is 321 Å². The minimum atomic E-state index is -0.728. The summed E-state index contributed by atoms with van der Waals surface area (Å²) >= 11 is 0. The van der Waals surface area contributed by atoms with E-state index in [1.54, 1.807) is 84.9 Å². The van der Waals surface area contributed by atoms with Crippen LogP contribution in [0.15, 0.2) is 133 Å². The highest BCUT2D eigenvalue weighted by Crippen LogP contribution is 2.48. The van der Waals surface area contributed by atoms with Crippen LogP contribution in [0.4, 0.5) is 0 Å². The van der Waals surface area contributed by atoms with Crippen molar-refractivity contribution in [3.63, 3.8) is 0 Å². The van der Waals surface area contributed by atoms with Crippen LogP contribution in [0.2, 0.25) is 0 Å². The Morgan fingerprint density at radius 1 is 0.304 bits per heavy atom. The number of hydrogen-bond acceptors (Lipinski definition) is 12. The van der Waals surface area contributed by atoms with Crippen molar-refractivity contribution in [1.82, 2.24) is 0 Å². The molecule has 0 atom stereocenters. The number of methoxy groups -OCH3 is 4. The second-order valence-electron chi connectivity index (χ2n) is 11.7. The van der Waals surface area contributed by atoms with Crippen molar-refractivity contribution < 1.29 is 57.1 Å². The van der Waals surface area contributed by atoms with E-state index in [2.05, 4.69) is 0 Å². The second kappa shape index (κ2) is 17.5. The molecule has 56 heavy (non-hydrogen) atoms. The van der Waals surface area contributed by atoms with Crippen molar-refractivity contribution in [2.45, 2.75) is 0 Å². The van der Waals surface area contributed by atoms with Gasteiger partial charge >= 0.3 is 23.9 Å². The normalized spacial score (nSPS) is 10.4. The Morgan fingerprint density at radius 3 is 0.857 bits per heavy atom. The van der Waals surface area contributed by atoms with Crippen LogP contribution in [-0.4, -0.2) is 52.3 Å². The van der Waals surface area contributed by atoms with Gasteiger partial charge in [-0.15, -0.1) is 0 Å². The van der Waals surface area contributed by atoms with Crippen LogP contribution in [0, 0.1) is 0 Å². The van der Waals surface area contributed by atoms with Crippen molar-refractivity contribution in [3.8, 4) is 57.1 Å². The van der Waals surface area contributed by atoms with Crippen LogP contribution in [-0.2, 0) is 0 Å².